The number of ether oxygens (including phenoxy) is 1. The van der Waals surface area contributed by atoms with E-state index in [1.165, 1.54) is 33.4 Å². The van der Waals surface area contributed by atoms with E-state index in [1.54, 1.807) is 0 Å². The van der Waals surface area contributed by atoms with Gasteiger partial charge in [-0.1, -0.05) is 78.7 Å². The highest BCUT2D eigenvalue weighted by Crippen LogP contribution is 2.44. The van der Waals surface area contributed by atoms with Gasteiger partial charge < -0.3 is 10.1 Å². The van der Waals surface area contributed by atoms with E-state index in [1.807, 2.05) is 36.4 Å². The molecule has 0 aliphatic heterocycles. The second kappa shape index (κ2) is 7.72. The van der Waals surface area contributed by atoms with E-state index in [-0.39, 0.29) is 17.9 Å². The first-order valence-electron chi connectivity index (χ1n) is 10.4. The number of amides is 1. The summed E-state index contributed by atoms with van der Waals surface area (Å²) >= 11 is 0. The molecule has 0 saturated carbocycles. The Kier molecular flexibility index (Phi) is 4.77. The molecule has 1 N–H and O–H groups in total. The van der Waals surface area contributed by atoms with Crippen LogP contribution in [0.2, 0.25) is 0 Å². The number of benzene rings is 3. The van der Waals surface area contributed by atoms with Crippen molar-refractivity contribution in [3.8, 4) is 23.5 Å². The first kappa shape index (κ1) is 18.5. The molecule has 0 radical (unpaired) electrons. The highest BCUT2D eigenvalue weighted by molar-refractivity contribution is 5.79. The maximum absolute atomic E-state index is 12.6. The average molecular weight is 393 g/mol. The molecule has 0 saturated heterocycles. The molecule has 0 spiro atoms. The van der Waals surface area contributed by atoms with Gasteiger partial charge in [0.2, 0.25) is 0 Å². The molecule has 5 rings (SSSR count). The van der Waals surface area contributed by atoms with Crippen LogP contribution in [0.5, 0.6) is 0 Å². The third-order valence-corrected chi connectivity index (χ3v) is 6.38. The van der Waals surface area contributed by atoms with Crippen molar-refractivity contribution < 1.29 is 9.53 Å². The van der Waals surface area contributed by atoms with Crippen LogP contribution in [0.3, 0.4) is 0 Å². The quantitative estimate of drug-likeness (QED) is 0.614. The number of terminal acetylenes is 1. The molecule has 3 heteroatoms. The van der Waals surface area contributed by atoms with Crippen LogP contribution in [0.25, 0.3) is 11.1 Å². The van der Waals surface area contributed by atoms with Gasteiger partial charge in [-0.05, 0) is 46.2 Å². The smallest absolute Gasteiger partial charge is 0.408 e. The second-order valence-corrected chi connectivity index (χ2v) is 7.96. The van der Waals surface area contributed by atoms with Gasteiger partial charge in [0.15, 0.2) is 0 Å². The lowest BCUT2D eigenvalue weighted by atomic mass is 9.94. The summed E-state index contributed by atoms with van der Waals surface area (Å²) in [7, 11) is 0. The third kappa shape index (κ3) is 3.15. The molecule has 2 unspecified atom stereocenters. The molecule has 148 valence electrons. The number of carbonyl (C=O) groups excluding carboxylic acids is 1. The zero-order valence-electron chi connectivity index (χ0n) is 16.7. The van der Waals surface area contributed by atoms with E-state index in [2.05, 4.69) is 47.6 Å². The molecule has 3 aromatic carbocycles. The van der Waals surface area contributed by atoms with Crippen molar-refractivity contribution in [3.05, 3.63) is 95.1 Å². The van der Waals surface area contributed by atoms with Gasteiger partial charge in [0, 0.05) is 11.8 Å². The Morgan fingerprint density at radius 2 is 1.57 bits per heavy atom. The number of aryl methyl sites for hydroxylation is 1. The van der Waals surface area contributed by atoms with Gasteiger partial charge in [0.1, 0.15) is 12.6 Å². The second-order valence-electron chi connectivity index (χ2n) is 7.96. The molecule has 3 nitrogen and oxygen atoms in total. The van der Waals surface area contributed by atoms with E-state index in [0.717, 1.165) is 12.8 Å². The van der Waals surface area contributed by atoms with E-state index in [0.29, 0.717) is 6.61 Å². The Bertz CT molecular complexity index is 1100. The van der Waals surface area contributed by atoms with Crippen molar-refractivity contribution in [2.24, 2.45) is 0 Å². The standard InChI is InChI=1S/C27H23NO2/c1-2-26(24-16-15-18-9-3-4-10-19(18)24)28-27(29)30-17-25-22-13-7-5-11-20(22)21-12-6-8-14-23(21)25/h1,3-14,24-26H,15-17H2,(H,28,29). The fraction of sp³-hybridized carbons (Fsp3) is 0.222. The van der Waals surface area contributed by atoms with Gasteiger partial charge in [-0.15, -0.1) is 6.42 Å². The van der Waals surface area contributed by atoms with Crippen LogP contribution in [-0.4, -0.2) is 18.7 Å². The molecule has 2 aliphatic rings. The highest BCUT2D eigenvalue weighted by atomic mass is 16.5. The molecule has 0 bridgehead atoms. The van der Waals surface area contributed by atoms with Crippen molar-refractivity contribution in [3.63, 3.8) is 0 Å². The summed E-state index contributed by atoms with van der Waals surface area (Å²) in [5.41, 5.74) is 7.38. The van der Waals surface area contributed by atoms with E-state index < -0.39 is 6.09 Å². The predicted octanol–water partition coefficient (Wildman–Crippen LogP) is 5.26. The topological polar surface area (TPSA) is 38.3 Å². The number of fused-ring (bicyclic) bond motifs is 4. The van der Waals surface area contributed by atoms with E-state index in [9.17, 15) is 4.79 Å². The van der Waals surface area contributed by atoms with Crippen LogP contribution in [0.4, 0.5) is 4.79 Å². The Labute approximate surface area is 177 Å². The summed E-state index contributed by atoms with van der Waals surface area (Å²) < 4.78 is 5.67. The van der Waals surface area contributed by atoms with E-state index >= 15 is 0 Å². The maximum Gasteiger partial charge on any atom is 0.408 e. The van der Waals surface area contributed by atoms with Crippen molar-refractivity contribution in [1.82, 2.24) is 5.32 Å². The van der Waals surface area contributed by atoms with E-state index in [4.69, 9.17) is 11.2 Å². The Balaban J connectivity index is 1.28. The summed E-state index contributed by atoms with van der Waals surface area (Å²) in [6.45, 7) is 0.290. The van der Waals surface area contributed by atoms with Crippen LogP contribution < -0.4 is 5.32 Å². The Hall–Kier alpha value is -3.51. The van der Waals surface area contributed by atoms with Gasteiger partial charge in [-0.2, -0.15) is 0 Å². The fourth-order valence-electron chi connectivity index (χ4n) is 4.96. The number of nitrogens with one attached hydrogen (secondary N) is 1. The predicted molar refractivity (Wildman–Crippen MR) is 118 cm³/mol. The third-order valence-electron chi connectivity index (χ3n) is 6.38. The largest absolute Gasteiger partial charge is 0.449 e. The zero-order chi connectivity index (χ0) is 20.5. The molecular formula is C27H23NO2. The fourth-order valence-corrected chi connectivity index (χ4v) is 4.96. The molecule has 1 amide bonds. The molecular weight excluding hydrogens is 370 g/mol. The SMILES string of the molecule is C#CC(NC(=O)OCC1c2ccccc2-c2ccccc21)C1CCc2ccccc21. The minimum absolute atomic E-state index is 0.0413. The zero-order valence-corrected chi connectivity index (χ0v) is 16.7. The molecule has 2 aliphatic carbocycles. The lowest BCUT2D eigenvalue weighted by Crippen LogP contribution is -2.38. The van der Waals surface area contributed by atoms with Crippen molar-refractivity contribution >= 4 is 6.09 Å². The van der Waals surface area contributed by atoms with Crippen LogP contribution in [0.1, 0.15) is 40.5 Å². The first-order chi connectivity index (χ1) is 14.8. The Morgan fingerprint density at radius 1 is 0.967 bits per heavy atom. The summed E-state index contributed by atoms with van der Waals surface area (Å²) in [5, 5.41) is 2.92. The summed E-state index contributed by atoms with van der Waals surface area (Å²) in [5.74, 6) is 2.94. The normalized spacial score (nSPS) is 17.4. The maximum atomic E-state index is 12.6. The van der Waals surface area contributed by atoms with Gasteiger partial charge >= 0.3 is 6.09 Å². The van der Waals surface area contributed by atoms with Gasteiger partial charge in [0.25, 0.3) is 0 Å². The molecule has 3 aromatic rings. The molecule has 2 atom stereocenters. The highest BCUT2D eigenvalue weighted by Gasteiger charge is 2.31. The van der Waals surface area contributed by atoms with Gasteiger partial charge in [-0.25, -0.2) is 4.79 Å². The van der Waals surface area contributed by atoms with Crippen LogP contribution in [0.15, 0.2) is 72.8 Å². The molecule has 0 heterocycles. The number of rotatable bonds is 4. The molecule has 0 fully saturated rings. The first-order valence-corrected chi connectivity index (χ1v) is 10.4. The van der Waals surface area contributed by atoms with Crippen molar-refractivity contribution in [2.45, 2.75) is 30.7 Å². The summed E-state index contributed by atoms with van der Waals surface area (Å²) in [6.07, 6.45) is 7.26. The molecule has 0 aromatic heterocycles. The number of alkyl carbamates (subject to hydrolysis) is 1. The van der Waals surface area contributed by atoms with Crippen LogP contribution in [-0.2, 0) is 11.2 Å². The van der Waals surface area contributed by atoms with Gasteiger partial charge in [-0.3, -0.25) is 0 Å². The summed E-state index contributed by atoms with van der Waals surface area (Å²) in [4.78, 5) is 12.6. The Morgan fingerprint density at radius 3 is 2.23 bits per heavy atom. The van der Waals surface area contributed by atoms with Crippen LogP contribution >= 0.6 is 0 Å². The lowest BCUT2D eigenvalue weighted by Gasteiger charge is -2.21. The number of hydrogen-bond acceptors (Lipinski definition) is 2. The van der Waals surface area contributed by atoms with Crippen molar-refractivity contribution in [2.75, 3.05) is 6.61 Å². The number of hydrogen-bond donors (Lipinski definition) is 1. The molecule has 30 heavy (non-hydrogen) atoms. The van der Waals surface area contributed by atoms with Crippen LogP contribution in [0, 0.1) is 12.3 Å². The number of carbonyl (C=O) groups is 1. The lowest BCUT2D eigenvalue weighted by molar-refractivity contribution is 0.140. The minimum atomic E-state index is -0.454. The van der Waals surface area contributed by atoms with Crippen molar-refractivity contribution in [1.29, 1.82) is 0 Å². The van der Waals surface area contributed by atoms with Gasteiger partial charge in [0.05, 0.1) is 0 Å². The minimum Gasteiger partial charge on any atom is -0.449 e. The monoisotopic (exact) mass is 393 g/mol. The average Bonchev–Trinajstić information content (AvgIpc) is 3.36. The summed E-state index contributed by atoms with van der Waals surface area (Å²) in [6, 6.07) is 24.6.